The smallest absolute Gasteiger partial charge is 0.0118 e. The summed E-state index contributed by atoms with van der Waals surface area (Å²) in [4.78, 5) is 0. The van der Waals surface area contributed by atoms with E-state index in [4.69, 9.17) is 0 Å². The van der Waals surface area contributed by atoms with Gasteiger partial charge in [-0.2, -0.15) is 0 Å². The predicted octanol–water partition coefficient (Wildman–Crippen LogP) is 8.75. The highest BCUT2D eigenvalue weighted by Crippen LogP contribution is 2.61. The molecule has 0 bridgehead atoms. The summed E-state index contributed by atoms with van der Waals surface area (Å²) in [6.07, 6.45) is 4.79. The molecule has 4 rings (SSSR count). The molecule has 0 saturated heterocycles. The third-order valence-corrected chi connectivity index (χ3v) is 7.50. The lowest BCUT2D eigenvalue weighted by molar-refractivity contribution is 0.274. The number of benzene rings is 2. The standard InChI is InChI=1S/C29H36/c1-7-13-21-19(3)27(25-17-11-9-15-23(21)25)29(5,6)28-20(4)22(14-8-2)24-16-10-12-18-26(24)28/h9-12,15-18,27-28H,7-8,13-14H2,1-6H3. The molecular formula is C29H36. The average Bonchev–Trinajstić information content (AvgIpc) is 3.15. The van der Waals surface area contributed by atoms with Gasteiger partial charge in [0.1, 0.15) is 0 Å². The summed E-state index contributed by atoms with van der Waals surface area (Å²) >= 11 is 0. The highest BCUT2D eigenvalue weighted by atomic mass is 14.5. The zero-order chi connectivity index (χ0) is 20.8. The average molecular weight is 385 g/mol. The molecule has 0 nitrogen and oxygen atoms in total. The summed E-state index contributed by atoms with van der Waals surface area (Å²) in [6.45, 7) is 14.5. The molecule has 0 aromatic heterocycles. The molecule has 29 heavy (non-hydrogen) atoms. The van der Waals surface area contributed by atoms with Gasteiger partial charge >= 0.3 is 0 Å². The Labute approximate surface area is 177 Å². The molecule has 0 radical (unpaired) electrons. The summed E-state index contributed by atoms with van der Waals surface area (Å²) < 4.78 is 0. The molecule has 2 aromatic rings. The van der Waals surface area contributed by atoms with Crippen LogP contribution in [0.1, 0.15) is 101 Å². The number of fused-ring (bicyclic) bond motifs is 2. The molecule has 2 aliphatic carbocycles. The molecule has 0 heteroatoms. The fourth-order valence-electron chi connectivity index (χ4n) is 6.53. The van der Waals surface area contributed by atoms with Crippen LogP contribution >= 0.6 is 0 Å². The first-order valence-electron chi connectivity index (χ1n) is 11.5. The minimum absolute atomic E-state index is 0.130. The molecule has 2 aliphatic rings. The van der Waals surface area contributed by atoms with E-state index in [9.17, 15) is 0 Å². The molecular weight excluding hydrogens is 348 g/mol. The normalized spacial score (nSPS) is 21.0. The Balaban J connectivity index is 1.87. The van der Waals surface area contributed by atoms with Crippen molar-refractivity contribution in [1.29, 1.82) is 0 Å². The molecule has 0 amide bonds. The Hall–Kier alpha value is -2.08. The van der Waals surface area contributed by atoms with Gasteiger partial charge in [-0.1, -0.05) is 100 Å². The minimum Gasteiger partial charge on any atom is -0.0651 e. The van der Waals surface area contributed by atoms with E-state index in [1.165, 1.54) is 36.8 Å². The Morgan fingerprint density at radius 2 is 1.03 bits per heavy atom. The Bertz CT molecular complexity index is 903. The van der Waals surface area contributed by atoms with Crippen molar-refractivity contribution in [1.82, 2.24) is 0 Å². The van der Waals surface area contributed by atoms with E-state index in [-0.39, 0.29) is 5.41 Å². The van der Waals surface area contributed by atoms with Crippen LogP contribution in [0.2, 0.25) is 0 Å². The first-order chi connectivity index (χ1) is 13.9. The number of rotatable bonds is 6. The fraction of sp³-hybridized carbons (Fsp3) is 0.448. The molecule has 2 unspecified atom stereocenters. The van der Waals surface area contributed by atoms with Crippen molar-refractivity contribution in [2.75, 3.05) is 0 Å². The van der Waals surface area contributed by atoms with Crippen molar-refractivity contribution in [2.45, 2.75) is 79.1 Å². The molecule has 2 aromatic carbocycles. The molecule has 0 fully saturated rings. The van der Waals surface area contributed by atoms with Crippen LogP contribution in [0.3, 0.4) is 0 Å². The zero-order valence-corrected chi connectivity index (χ0v) is 19.1. The maximum absolute atomic E-state index is 2.52. The number of allylic oxidation sites excluding steroid dienone is 4. The minimum atomic E-state index is 0.130. The lowest BCUT2D eigenvalue weighted by Crippen LogP contribution is -2.29. The first-order valence-corrected chi connectivity index (χ1v) is 11.5. The summed E-state index contributed by atoms with van der Waals surface area (Å²) in [6, 6.07) is 18.4. The highest BCUT2D eigenvalue weighted by molar-refractivity contribution is 5.81. The largest absolute Gasteiger partial charge is 0.0651 e. The van der Waals surface area contributed by atoms with E-state index in [2.05, 4.69) is 90.1 Å². The zero-order valence-electron chi connectivity index (χ0n) is 19.1. The third kappa shape index (κ3) is 3.03. The Morgan fingerprint density at radius 3 is 1.41 bits per heavy atom. The summed E-state index contributed by atoms with van der Waals surface area (Å²) in [5.41, 5.74) is 12.6. The number of hydrogen-bond acceptors (Lipinski definition) is 0. The second-order valence-corrected chi connectivity index (χ2v) is 9.69. The van der Waals surface area contributed by atoms with E-state index in [0.717, 1.165) is 0 Å². The van der Waals surface area contributed by atoms with Crippen molar-refractivity contribution in [2.24, 2.45) is 5.41 Å². The van der Waals surface area contributed by atoms with Crippen LogP contribution in [-0.4, -0.2) is 0 Å². The van der Waals surface area contributed by atoms with Gasteiger partial charge < -0.3 is 0 Å². The van der Waals surface area contributed by atoms with Crippen LogP contribution in [0.25, 0.3) is 11.1 Å². The van der Waals surface area contributed by atoms with Crippen LogP contribution in [-0.2, 0) is 0 Å². The summed E-state index contributed by atoms with van der Waals surface area (Å²) in [5.74, 6) is 0.962. The maximum atomic E-state index is 2.52. The van der Waals surface area contributed by atoms with Crippen LogP contribution in [0.15, 0.2) is 59.7 Å². The maximum Gasteiger partial charge on any atom is 0.0118 e. The van der Waals surface area contributed by atoms with Crippen molar-refractivity contribution >= 4 is 11.1 Å². The van der Waals surface area contributed by atoms with Gasteiger partial charge in [0.25, 0.3) is 0 Å². The van der Waals surface area contributed by atoms with Gasteiger partial charge in [0, 0.05) is 11.8 Å². The predicted molar refractivity (Wildman–Crippen MR) is 127 cm³/mol. The molecule has 2 atom stereocenters. The van der Waals surface area contributed by atoms with Crippen molar-refractivity contribution < 1.29 is 0 Å². The monoisotopic (exact) mass is 384 g/mol. The van der Waals surface area contributed by atoms with Crippen LogP contribution in [0.5, 0.6) is 0 Å². The number of hydrogen-bond donors (Lipinski definition) is 0. The van der Waals surface area contributed by atoms with Crippen LogP contribution in [0, 0.1) is 5.41 Å². The molecule has 0 aliphatic heterocycles. The highest BCUT2D eigenvalue weighted by Gasteiger charge is 2.47. The van der Waals surface area contributed by atoms with Gasteiger partial charge in [-0.15, -0.1) is 0 Å². The van der Waals surface area contributed by atoms with Gasteiger partial charge in [-0.3, -0.25) is 0 Å². The van der Waals surface area contributed by atoms with Gasteiger partial charge in [0.15, 0.2) is 0 Å². The topological polar surface area (TPSA) is 0 Å². The van der Waals surface area contributed by atoms with Gasteiger partial charge in [-0.25, -0.2) is 0 Å². The fourth-order valence-corrected chi connectivity index (χ4v) is 6.53. The van der Waals surface area contributed by atoms with Crippen molar-refractivity contribution in [3.63, 3.8) is 0 Å². The third-order valence-electron chi connectivity index (χ3n) is 7.50. The SMILES string of the molecule is CCCC1=C(C)C(C(C)(C)C2C(C)=C(CCC)c3ccccc32)c2ccccc21. The first kappa shape index (κ1) is 20.2. The molecule has 152 valence electrons. The van der Waals surface area contributed by atoms with Crippen LogP contribution in [0.4, 0.5) is 0 Å². The van der Waals surface area contributed by atoms with Crippen molar-refractivity contribution in [3.05, 3.63) is 81.9 Å². The van der Waals surface area contributed by atoms with E-state index < -0.39 is 0 Å². The lowest BCUT2D eigenvalue weighted by Gasteiger charge is -2.41. The molecule has 0 saturated carbocycles. The van der Waals surface area contributed by atoms with Gasteiger partial charge in [0.05, 0.1) is 0 Å². The van der Waals surface area contributed by atoms with E-state index >= 15 is 0 Å². The van der Waals surface area contributed by atoms with E-state index in [1.807, 2.05) is 0 Å². The van der Waals surface area contributed by atoms with E-state index in [0.29, 0.717) is 11.8 Å². The second-order valence-electron chi connectivity index (χ2n) is 9.69. The molecule has 0 heterocycles. The molecule has 0 spiro atoms. The quantitative estimate of drug-likeness (QED) is 0.467. The van der Waals surface area contributed by atoms with Crippen molar-refractivity contribution in [3.8, 4) is 0 Å². The lowest BCUT2D eigenvalue weighted by atomic mass is 9.62. The van der Waals surface area contributed by atoms with Gasteiger partial charge in [-0.05, 0) is 65.5 Å². The van der Waals surface area contributed by atoms with E-state index in [1.54, 1.807) is 33.4 Å². The second kappa shape index (κ2) is 7.63. The Kier molecular flexibility index (Phi) is 5.32. The summed E-state index contributed by atoms with van der Waals surface area (Å²) in [5, 5.41) is 0. The molecule has 0 N–H and O–H groups in total. The van der Waals surface area contributed by atoms with Crippen LogP contribution < -0.4 is 0 Å². The van der Waals surface area contributed by atoms with Gasteiger partial charge in [0.2, 0.25) is 0 Å². The Morgan fingerprint density at radius 1 is 0.655 bits per heavy atom. The summed E-state index contributed by atoms with van der Waals surface area (Å²) in [7, 11) is 0.